The van der Waals surface area contributed by atoms with E-state index in [1.54, 1.807) is 22.8 Å². The van der Waals surface area contributed by atoms with E-state index in [0.717, 1.165) is 16.6 Å². The molecule has 0 bridgehead atoms. The van der Waals surface area contributed by atoms with Gasteiger partial charge in [-0.2, -0.15) is 0 Å². The minimum Gasteiger partial charge on any atom is -0.406 e. The molecule has 0 saturated carbocycles. The highest BCUT2D eigenvalue weighted by atomic mass is 19.4. The Kier molecular flexibility index (Phi) is 4.60. The summed E-state index contributed by atoms with van der Waals surface area (Å²) in [7, 11) is 0. The first-order valence-corrected chi connectivity index (χ1v) is 8.90. The number of halogens is 4. The van der Waals surface area contributed by atoms with Crippen LogP contribution in [0.25, 0.3) is 10.9 Å². The predicted octanol–water partition coefficient (Wildman–Crippen LogP) is 4.16. The van der Waals surface area contributed by atoms with E-state index in [2.05, 4.69) is 4.74 Å². The molecule has 1 aliphatic heterocycles. The molecule has 152 valence electrons. The van der Waals surface area contributed by atoms with Gasteiger partial charge < -0.3 is 19.9 Å². The molecule has 2 N–H and O–H groups in total. The second-order valence-corrected chi connectivity index (χ2v) is 6.85. The van der Waals surface area contributed by atoms with Crippen molar-refractivity contribution in [1.82, 2.24) is 9.47 Å². The standard InChI is InChI=1S/C20H17F4N3O2/c21-16-6-2-5-15-14-7-8-26(19(25)28)11-17(14)27(18(15)16)10-12-3-1-4-13(9-12)29-20(22,23)24/h1-6,9H,7-8,10-11H2,(H2,25,28). The van der Waals surface area contributed by atoms with Crippen LogP contribution in [0.3, 0.4) is 0 Å². The quantitative estimate of drug-likeness (QED) is 0.663. The first-order valence-electron chi connectivity index (χ1n) is 8.90. The van der Waals surface area contributed by atoms with Crippen molar-refractivity contribution in [1.29, 1.82) is 0 Å². The van der Waals surface area contributed by atoms with Gasteiger partial charge in [0.25, 0.3) is 0 Å². The van der Waals surface area contributed by atoms with Crippen molar-refractivity contribution in [2.45, 2.75) is 25.9 Å². The fourth-order valence-electron chi connectivity index (χ4n) is 3.84. The van der Waals surface area contributed by atoms with Gasteiger partial charge in [0.05, 0.1) is 12.1 Å². The minimum atomic E-state index is -4.80. The lowest BCUT2D eigenvalue weighted by molar-refractivity contribution is -0.274. The Morgan fingerprint density at radius 2 is 1.93 bits per heavy atom. The molecule has 0 fully saturated rings. The number of alkyl halides is 3. The van der Waals surface area contributed by atoms with Crippen LogP contribution in [0.1, 0.15) is 16.8 Å². The Labute approximate surface area is 163 Å². The fourth-order valence-corrected chi connectivity index (χ4v) is 3.84. The van der Waals surface area contributed by atoms with Crippen molar-refractivity contribution in [3.8, 4) is 5.75 Å². The number of rotatable bonds is 3. The number of benzene rings is 2. The Balaban J connectivity index is 1.79. The van der Waals surface area contributed by atoms with E-state index in [-0.39, 0.29) is 18.8 Å². The Morgan fingerprint density at radius 1 is 1.17 bits per heavy atom. The number of hydrogen-bond donors (Lipinski definition) is 1. The summed E-state index contributed by atoms with van der Waals surface area (Å²) in [5.41, 5.74) is 7.90. The van der Waals surface area contributed by atoms with Gasteiger partial charge >= 0.3 is 12.4 Å². The van der Waals surface area contributed by atoms with E-state index in [4.69, 9.17) is 5.73 Å². The molecular weight excluding hydrogens is 390 g/mol. The summed E-state index contributed by atoms with van der Waals surface area (Å²) in [6, 6.07) is 9.72. The Hall–Kier alpha value is -3.23. The van der Waals surface area contributed by atoms with Gasteiger partial charge in [-0.3, -0.25) is 0 Å². The molecule has 0 aliphatic carbocycles. The molecule has 0 radical (unpaired) electrons. The summed E-state index contributed by atoms with van der Waals surface area (Å²) in [5.74, 6) is -0.787. The van der Waals surface area contributed by atoms with Crippen molar-refractivity contribution in [3.63, 3.8) is 0 Å². The average molecular weight is 407 g/mol. The van der Waals surface area contributed by atoms with Gasteiger partial charge in [0, 0.05) is 24.2 Å². The minimum absolute atomic E-state index is 0.119. The van der Waals surface area contributed by atoms with Crippen molar-refractivity contribution in [2.24, 2.45) is 5.73 Å². The highest BCUT2D eigenvalue weighted by molar-refractivity contribution is 5.87. The van der Waals surface area contributed by atoms with Gasteiger partial charge in [-0.15, -0.1) is 13.2 Å². The molecule has 2 aromatic carbocycles. The van der Waals surface area contributed by atoms with E-state index in [9.17, 15) is 22.4 Å². The predicted molar refractivity (Wildman–Crippen MR) is 97.8 cm³/mol. The van der Waals surface area contributed by atoms with Gasteiger partial charge in [-0.1, -0.05) is 24.3 Å². The third kappa shape index (κ3) is 3.72. The molecule has 1 aliphatic rings. The second kappa shape index (κ2) is 6.98. The smallest absolute Gasteiger partial charge is 0.406 e. The number of fused-ring (bicyclic) bond motifs is 3. The highest BCUT2D eigenvalue weighted by Gasteiger charge is 2.31. The van der Waals surface area contributed by atoms with Gasteiger partial charge in [0.1, 0.15) is 11.6 Å². The summed E-state index contributed by atoms with van der Waals surface area (Å²) in [6.45, 7) is 0.749. The molecule has 2 heterocycles. The molecule has 0 unspecified atom stereocenters. The lowest BCUT2D eigenvalue weighted by Crippen LogP contribution is -2.40. The van der Waals surface area contributed by atoms with Gasteiger partial charge in [0.15, 0.2) is 0 Å². The van der Waals surface area contributed by atoms with Gasteiger partial charge in [0.2, 0.25) is 0 Å². The molecule has 2 amide bonds. The lowest BCUT2D eigenvalue weighted by Gasteiger charge is -2.27. The molecule has 0 atom stereocenters. The first kappa shape index (κ1) is 19.1. The summed E-state index contributed by atoms with van der Waals surface area (Å²) in [4.78, 5) is 13.1. The summed E-state index contributed by atoms with van der Waals surface area (Å²) in [5, 5.41) is 0.729. The number of ether oxygens (including phenoxy) is 1. The van der Waals surface area contributed by atoms with Crippen LogP contribution in [-0.4, -0.2) is 28.4 Å². The number of nitrogens with two attached hydrogens (primary N) is 1. The van der Waals surface area contributed by atoms with Gasteiger partial charge in [-0.05, 0) is 35.7 Å². The number of amides is 2. The first-order chi connectivity index (χ1) is 13.7. The number of aromatic nitrogens is 1. The summed E-state index contributed by atoms with van der Waals surface area (Å²) >= 11 is 0. The second-order valence-electron chi connectivity index (χ2n) is 6.85. The van der Waals surface area contributed by atoms with Crippen LogP contribution in [0, 0.1) is 5.82 Å². The molecule has 1 aromatic heterocycles. The summed E-state index contributed by atoms with van der Waals surface area (Å²) < 4.78 is 58.0. The van der Waals surface area contributed by atoms with Gasteiger partial charge in [-0.25, -0.2) is 9.18 Å². The summed E-state index contributed by atoms with van der Waals surface area (Å²) in [6.07, 6.45) is -4.28. The van der Waals surface area contributed by atoms with E-state index in [1.807, 2.05) is 0 Å². The highest BCUT2D eigenvalue weighted by Crippen LogP contribution is 2.33. The molecule has 9 heteroatoms. The molecule has 0 saturated heterocycles. The molecule has 4 rings (SSSR count). The van der Waals surface area contributed by atoms with E-state index >= 15 is 0 Å². The number of para-hydroxylation sites is 1. The van der Waals surface area contributed by atoms with Crippen LogP contribution < -0.4 is 10.5 Å². The SMILES string of the molecule is NC(=O)N1CCc2c(n(Cc3cccc(OC(F)(F)F)c3)c3c(F)cccc23)C1. The molecule has 29 heavy (non-hydrogen) atoms. The average Bonchev–Trinajstić information content (AvgIpc) is 2.95. The molecule has 0 spiro atoms. The van der Waals surface area contributed by atoms with E-state index in [0.29, 0.717) is 24.0 Å². The van der Waals surface area contributed by atoms with Crippen LogP contribution in [0.4, 0.5) is 22.4 Å². The van der Waals surface area contributed by atoms with Crippen LogP contribution in [0.2, 0.25) is 0 Å². The van der Waals surface area contributed by atoms with Crippen LogP contribution >= 0.6 is 0 Å². The van der Waals surface area contributed by atoms with E-state index in [1.165, 1.54) is 29.2 Å². The lowest BCUT2D eigenvalue weighted by atomic mass is 10.0. The van der Waals surface area contributed by atoms with Crippen LogP contribution in [-0.2, 0) is 19.5 Å². The zero-order valence-corrected chi connectivity index (χ0v) is 15.2. The fraction of sp³-hybridized carbons (Fsp3) is 0.250. The number of carbonyl (C=O) groups is 1. The monoisotopic (exact) mass is 407 g/mol. The third-order valence-corrected chi connectivity index (χ3v) is 5.01. The maximum atomic E-state index is 14.7. The maximum Gasteiger partial charge on any atom is 0.573 e. The van der Waals surface area contributed by atoms with Crippen molar-refractivity contribution in [2.75, 3.05) is 6.54 Å². The largest absolute Gasteiger partial charge is 0.573 e. The molecule has 3 aromatic rings. The molecular formula is C20H17F4N3O2. The number of primary amides is 1. The zero-order chi connectivity index (χ0) is 20.8. The third-order valence-electron chi connectivity index (χ3n) is 5.01. The molecule has 5 nitrogen and oxygen atoms in total. The number of carbonyl (C=O) groups excluding carboxylic acids is 1. The maximum absolute atomic E-state index is 14.7. The number of hydrogen-bond acceptors (Lipinski definition) is 2. The van der Waals surface area contributed by atoms with Crippen molar-refractivity contribution < 1.29 is 27.1 Å². The van der Waals surface area contributed by atoms with Crippen LogP contribution in [0.15, 0.2) is 42.5 Å². The normalized spacial score (nSPS) is 14.1. The zero-order valence-electron chi connectivity index (χ0n) is 15.2. The van der Waals surface area contributed by atoms with Crippen LogP contribution in [0.5, 0.6) is 5.75 Å². The Morgan fingerprint density at radius 3 is 2.66 bits per heavy atom. The van der Waals surface area contributed by atoms with Crippen molar-refractivity contribution in [3.05, 3.63) is 65.1 Å². The number of nitrogens with zero attached hydrogens (tertiary/aromatic N) is 2. The Bertz CT molecular complexity index is 1090. The van der Waals surface area contributed by atoms with E-state index < -0.39 is 18.2 Å². The number of urea groups is 1. The van der Waals surface area contributed by atoms with Crippen molar-refractivity contribution >= 4 is 16.9 Å². The topological polar surface area (TPSA) is 60.5 Å².